The second-order valence-corrected chi connectivity index (χ2v) is 14.0. The molecule has 0 N–H and O–H groups in total. The van der Waals surface area contributed by atoms with Gasteiger partial charge in [0.25, 0.3) is 0 Å². The normalized spacial score (nSPS) is 26.2. The van der Waals surface area contributed by atoms with Crippen LogP contribution in [0.15, 0.2) is 42.5 Å². The van der Waals surface area contributed by atoms with Crippen LogP contribution in [-0.2, 0) is 21.4 Å². The van der Waals surface area contributed by atoms with Gasteiger partial charge in [0.2, 0.25) is 11.8 Å². The maximum absolute atomic E-state index is 15.0. The molecule has 3 atom stereocenters. The Hall–Kier alpha value is -2.44. The Morgan fingerprint density at radius 1 is 1.05 bits per heavy atom. The number of carbonyl (C=O) groups excluding carboxylic acids is 2. The number of carbonyl (C=O) groups is 2. The second-order valence-electron chi connectivity index (χ2n) is 13.5. The van der Waals surface area contributed by atoms with Gasteiger partial charge in [0.05, 0.1) is 5.92 Å². The monoisotopic (exact) mass is 565 g/mol. The quantitative estimate of drug-likeness (QED) is 0.481. The largest absolute Gasteiger partial charge is 0.342 e. The fourth-order valence-corrected chi connectivity index (χ4v) is 7.93. The molecule has 1 saturated carbocycles. The first kappa shape index (κ1) is 27.7. The van der Waals surface area contributed by atoms with Crippen molar-refractivity contribution in [3.63, 3.8) is 0 Å². The molecule has 0 bridgehead atoms. The van der Waals surface area contributed by atoms with Crippen LogP contribution in [0, 0.1) is 17.7 Å². The first-order valence-electron chi connectivity index (χ1n) is 14.8. The fourth-order valence-electron chi connectivity index (χ4n) is 7.74. The smallest absolute Gasteiger partial charge is 0.227 e. The Morgan fingerprint density at radius 2 is 1.75 bits per heavy atom. The molecular formula is C33H41ClFN3O2. The van der Waals surface area contributed by atoms with E-state index in [0.29, 0.717) is 31.7 Å². The lowest BCUT2D eigenvalue weighted by atomic mass is 9.70. The lowest BCUT2D eigenvalue weighted by Gasteiger charge is -2.47. The van der Waals surface area contributed by atoms with Crippen molar-refractivity contribution in [3.8, 4) is 0 Å². The van der Waals surface area contributed by atoms with Crippen molar-refractivity contribution in [3.05, 3.63) is 70.0 Å². The number of amides is 2. The number of rotatable bonds is 4. The van der Waals surface area contributed by atoms with Crippen LogP contribution in [0.25, 0.3) is 0 Å². The molecule has 2 aliphatic heterocycles. The van der Waals surface area contributed by atoms with E-state index in [1.54, 1.807) is 6.07 Å². The number of likely N-dealkylation sites (tertiary alicyclic amines) is 2. The van der Waals surface area contributed by atoms with E-state index in [4.69, 9.17) is 11.6 Å². The Bertz CT molecular complexity index is 1310. The molecule has 2 aromatic rings. The minimum Gasteiger partial charge on any atom is -0.342 e. The molecule has 2 heterocycles. The third-order valence-electron chi connectivity index (χ3n) is 10.3. The van der Waals surface area contributed by atoms with Crippen molar-refractivity contribution in [2.75, 3.05) is 33.2 Å². The topological polar surface area (TPSA) is 43.9 Å². The number of halogens is 2. The van der Waals surface area contributed by atoms with E-state index in [-0.39, 0.29) is 52.4 Å². The lowest BCUT2D eigenvalue weighted by molar-refractivity contribution is -0.140. The molecule has 0 radical (unpaired) electrons. The van der Waals surface area contributed by atoms with Crippen LogP contribution in [0.2, 0.25) is 5.02 Å². The number of piperidine rings is 1. The second kappa shape index (κ2) is 10.1. The van der Waals surface area contributed by atoms with E-state index in [9.17, 15) is 14.0 Å². The van der Waals surface area contributed by atoms with E-state index < -0.39 is 0 Å². The Kier molecular flexibility index (Phi) is 7.02. The average molecular weight is 566 g/mol. The molecule has 7 heteroatoms. The van der Waals surface area contributed by atoms with Crippen molar-refractivity contribution in [2.24, 2.45) is 11.8 Å². The van der Waals surface area contributed by atoms with E-state index in [0.717, 1.165) is 37.1 Å². The van der Waals surface area contributed by atoms with Crippen molar-refractivity contribution in [1.82, 2.24) is 14.7 Å². The molecule has 0 aromatic heterocycles. The van der Waals surface area contributed by atoms with Gasteiger partial charge in [-0.15, -0.1) is 0 Å². The van der Waals surface area contributed by atoms with Crippen LogP contribution in [0.4, 0.5) is 4.39 Å². The maximum Gasteiger partial charge on any atom is 0.227 e. The van der Waals surface area contributed by atoms with Gasteiger partial charge in [-0.1, -0.05) is 35.9 Å². The minimum atomic E-state index is -0.283. The Balaban J connectivity index is 1.25. The summed E-state index contributed by atoms with van der Waals surface area (Å²) in [5.74, 6) is -0.139. The zero-order valence-electron chi connectivity index (χ0n) is 24.1. The Labute approximate surface area is 242 Å². The van der Waals surface area contributed by atoms with E-state index in [1.165, 1.54) is 17.2 Å². The van der Waals surface area contributed by atoms with Crippen LogP contribution < -0.4 is 0 Å². The molecule has 214 valence electrons. The highest BCUT2D eigenvalue weighted by Crippen LogP contribution is 2.50. The van der Waals surface area contributed by atoms with Crippen LogP contribution in [-0.4, -0.2) is 71.3 Å². The minimum absolute atomic E-state index is 0.0698. The van der Waals surface area contributed by atoms with Crippen LogP contribution in [0.3, 0.4) is 0 Å². The van der Waals surface area contributed by atoms with Crippen molar-refractivity contribution in [1.29, 1.82) is 0 Å². The van der Waals surface area contributed by atoms with Crippen LogP contribution in [0.5, 0.6) is 0 Å². The summed E-state index contributed by atoms with van der Waals surface area (Å²) < 4.78 is 15.0. The molecule has 6 rings (SSSR count). The summed E-state index contributed by atoms with van der Waals surface area (Å²) in [5, 5.41) is 0.724. The third-order valence-corrected chi connectivity index (χ3v) is 10.5. The molecule has 4 aliphatic rings. The first-order valence-corrected chi connectivity index (χ1v) is 15.2. The molecule has 1 spiro atoms. The standard InChI is InChI=1S/C33H41ClFN3O2/c1-32(2,3)38-19-25(24-7-5-6-8-28(24)35)26(20-38)31(40)37-15-13-33(14-16-37)27-12-11-23(34)17-22(27)18-29(33)36(4)30(39)21-9-10-21/h5-8,11-12,17,21,25-26,29H,9-10,13-16,18-20H2,1-4H3/t25-,26+,29+/m0/s1. The third kappa shape index (κ3) is 4.75. The van der Waals surface area contributed by atoms with Gasteiger partial charge in [-0.25, -0.2) is 4.39 Å². The van der Waals surface area contributed by atoms with Crippen LogP contribution in [0.1, 0.15) is 69.1 Å². The van der Waals surface area contributed by atoms with Gasteiger partial charge >= 0.3 is 0 Å². The molecule has 3 fully saturated rings. The van der Waals surface area contributed by atoms with E-state index >= 15 is 0 Å². The lowest BCUT2D eigenvalue weighted by Crippen LogP contribution is -2.56. The highest BCUT2D eigenvalue weighted by molar-refractivity contribution is 6.30. The summed E-state index contributed by atoms with van der Waals surface area (Å²) in [5.41, 5.74) is 2.86. The number of hydrogen-bond donors (Lipinski definition) is 0. The molecule has 2 aliphatic carbocycles. The van der Waals surface area contributed by atoms with Gasteiger partial charge in [-0.05, 0) is 87.8 Å². The zero-order chi connectivity index (χ0) is 28.4. The van der Waals surface area contributed by atoms with Crippen molar-refractivity contribution in [2.45, 2.75) is 75.8 Å². The molecule has 0 unspecified atom stereocenters. The van der Waals surface area contributed by atoms with E-state index in [2.05, 4.69) is 37.8 Å². The summed E-state index contributed by atoms with van der Waals surface area (Å²) in [7, 11) is 1.97. The highest BCUT2D eigenvalue weighted by atomic mass is 35.5. The molecular weight excluding hydrogens is 525 g/mol. The van der Waals surface area contributed by atoms with Gasteiger partial charge in [-0.2, -0.15) is 0 Å². The Morgan fingerprint density at radius 3 is 2.40 bits per heavy atom. The molecule has 2 saturated heterocycles. The van der Waals surface area contributed by atoms with Gasteiger partial charge in [0.15, 0.2) is 0 Å². The number of benzene rings is 2. The SMILES string of the molecule is CN(C(=O)C1CC1)[C@@H]1Cc2cc(Cl)ccc2C12CCN(C(=O)[C@@H]1CN(C(C)(C)C)C[C@H]1c1ccccc1F)CC2. The summed E-state index contributed by atoms with van der Waals surface area (Å²) >= 11 is 6.39. The van der Waals surface area contributed by atoms with Crippen molar-refractivity contribution < 1.29 is 14.0 Å². The molecule has 5 nitrogen and oxygen atoms in total. The molecule has 2 aromatic carbocycles. The molecule has 40 heavy (non-hydrogen) atoms. The highest BCUT2D eigenvalue weighted by Gasteiger charge is 2.53. The summed E-state index contributed by atoms with van der Waals surface area (Å²) in [4.78, 5) is 33.7. The molecule has 2 amide bonds. The van der Waals surface area contributed by atoms with Gasteiger partial charge in [-0.3, -0.25) is 14.5 Å². The number of hydrogen-bond acceptors (Lipinski definition) is 3. The van der Waals surface area contributed by atoms with Crippen LogP contribution >= 0.6 is 11.6 Å². The predicted octanol–water partition coefficient (Wildman–Crippen LogP) is 5.65. The van der Waals surface area contributed by atoms with Gasteiger partial charge < -0.3 is 9.80 Å². The summed E-state index contributed by atoms with van der Waals surface area (Å²) in [6.45, 7) is 9.05. The first-order chi connectivity index (χ1) is 19.0. The predicted molar refractivity (Wildman–Crippen MR) is 156 cm³/mol. The number of nitrogens with zero attached hydrogens (tertiary/aromatic N) is 3. The van der Waals surface area contributed by atoms with Gasteiger partial charge in [0.1, 0.15) is 5.82 Å². The maximum atomic E-state index is 15.0. The number of fused-ring (bicyclic) bond motifs is 2. The number of likely N-dealkylation sites (N-methyl/N-ethyl adjacent to an activating group) is 1. The van der Waals surface area contributed by atoms with Gasteiger partial charge in [0, 0.05) is 67.1 Å². The van der Waals surface area contributed by atoms with E-state index in [1.807, 2.05) is 35.0 Å². The summed E-state index contributed by atoms with van der Waals surface area (Å²) in [6.07, 6.45) is 4.39. The fraction of sp³-hybridized carbons (Fsp3) is 0.576. The average Bonchev–Trinajstić information content (AvgIpc) is 3.60. The summed E-state index contributed by atoms with van der Waals surface area (Å²) in [6, 6.07) is 13.2. The van der Waals surface area contributed by atoms with Crippen molar-refractivity contribution >= 4 is 23.4 Å². The zero-order valence-corrected chi connectivity index (χ0v) is 24.9.